The van der Waals surface area contributed by atoms with Crippen molar-refractivity contribution in [2.24, 2.45) is 11.8 Å². The van der Waals surface area contributed by atoms with Crippen molar-refractivity contribution >= 4 is 118 Å². The highest BCUT2D eigenvalue weighted by Gasteiger charge is 2.28. The number of alkyl halides is 1. The third-order valence-electron chi connectivity index (χ3n) is 23.3. The van der Waals surface area contributed by atoms with Crippen LogP contribution >= 0.6 is 11.6 Å². The number of amides is 5. The number of rotatable bonds is 25. The quantitative estimate of drug-likeness (QED) is 0.0332. The van der Waals surface area contributed by atoms with Gasteiger partial charge < -0.3 is 77.8 Å². The molecule has 676 valence electrons. The summed E-state index contributed by atoms with van der Waals surface area (Å²) in [6.07, 6.45) is 3.10. The predicted molar refractivity (Wildman–Crippen MR) is 524 cm³/mol. The zero-order valence-corrected chi connectivity index (χ0v) is 77.5. The van der Waals surface area contributed by atoms with Crippen molar-refractivity contribution < 1.29 is 52.4 Å². The Morgan fingerprint density at radius 3 is 0.842 bits per heavy atom. The molecule has 0 spiro atoms. The molecule has 133 heavy (non-hydrogen) atoms. The topological polar surface area (TPSA) is 344 Å². The van der Waals surface area contributed by atoms with E-state index in [2.05, 4.69) is 93.6 Å². The van der Waals surface area contributed by atoms with Crippen LogP contribution in [-0.2, 0) is 56.6 Å². The lowest BCUT2D eigenvalue weighted by Crippen LogP contribution is -2.27. The number of nitrogens with zero attached hydrogens (tertiary/aromatic N) is 10. The molecule has 26 nitrogen and oxygen atoms in total. The maximum atomic E-state index is 12.2. The average Bonchev–Trinajstić information content (AvgIpc) is 1.63. The number of anilines is 4. The summed E-state index contributed by atoms with van der Waals surface area (Å²) in [4.78, 5) is 58.8. The predicted octanol–water partition coefficient (Wildman–Crippen LogP) is 21.5. The first kappa shape index (κ1) is 96.0. The van der Waals surface area contributed by atoms with E-state index in [4.69, 9.17) is 40.0 Å². The number of nitrogens with one attached hydrogen (secondary N) is 5. The Bertz CT molecular complexity index is 7040. The van der Waals surface area contributed by atoms with Crippen LogP contribution in [0.25, 0.3) is 111 Å². The van der Waals surface area contributed by atoms with Crippen LogP contribution in [0.4, 0.5) is 22.7 Å². The Hall–Kier alpha value is -16.1. The minimum atomic E-state index is -0.258. The minimum absolute atomic E-state index is 0.00619. The fraction of sp³-hybridized carbons (Fsp3) is 0.245. The molecule has 5 heterocycles. The van der Waals surface area contributed by atoms with Gasteiger partial charge in [-0.3, -0.25) is 24.0 Å². The van der Waals surface area contributed by atoms with Crippen molar-refractivity contribution in [1.82, 2.24) is 28.2 Å². The average molecular weight is 1800 g/mol. The first-order chi connectivity index (χ1) is 64.5. The Kier molecular flexibility index (Phi) is 32.0. The lowest BCUT2D eigenvalue weighted by atomic mass is 9.85. The lowest BCUT2D eigenvalue weighted by Gasteiger charge is -2.24. The van der Waals surface area contributed by atoms with E-state index in [0.29, 0.717) is 50.5 Å². The second kappa shape index (κ2) is 44.3. The van der Waals surface area contributed by atoms with E-state index in [1.54, 1.807) is 66.9 Å². The molecule has 0 radical (unpaired) electrons. The van der Waals surface area contributed by atoms with Crippen LogP contribution in [0.5, 0.6) is 28.7 Å². The van der Waals surface area contributed by atoms with Gasteiger partial charge in [0.2, 0.25) is 23.6 Å². The number of aryl methyl sites for hydroxylation is 5. The van der Waals surface area contributed by atoms with E-state index in [1.807, 2.05) is 223 Å². The van der Waals surface area contributed by atoms with Crippen LogP contribution in [0.15, 0.2) is 212 Å². The summed E-state index contributed by atoms with van der Waals surface area (Å²) in [5.74, 6) is 3.09. The van der Waals surface area contributed by atoms with Gasteiger partial charge >= 0.3 is 0 Å². The molecule has 5 amide bonds. The molecule has 0 atom stereocenters. The van der Waals surface area contributed by atoms with Gasteiger partial charge in [0.1, 0.15) is 71.6 Å². The molecule has 0 aliphatic heterocycles. The molecule has 10 aromatic carbocycles. The first-order valence-electron chi connectivity index (χ1n) is 43.6. The molecule has 0 bridgehead atoms. The SMILES string of the molecule is CCn1c(-c2ccc(C(=O)NC)cc2)c(C#N)c2cc(OC)ccc21.CCn1c(-c2ccc(NC(=O)C(C)C)cc2)c(C#N)c2cc(OC)ccc21.CCn1c(-c2ccc(NC(=O)C3CCC3)cc2)c(C#N)c2cc(OC)ccc21.CCn1c(-c2ccc(NC(=O)CCl)cc2)c(C#N)c2cc(OC)ccc21.CCn1c(-c2ccc(NC(=O)COC)cc2)c(C#N)c2cc(OC)ccc21. The number of carbonyl (C=O) groups is 5. The van der Waals surface area contributed by atoms with E-state index in [0.717, 1.165) is 197 Å². The third-order valence-corrected chi connectivity index (χ3v) is 23.5. The number of fused-ring (bicyclic) bond motifs is 5. The lowest BCUT2D eigenvalue weighted by molar-refractivity contribution is -0.122. The first-order valence-corrected chi connectivity index (χ1v) is 44.1. The van der Waals surface area contributed by atoms with E-state index < -0.39 is 0 Å². The molecule has 27 heteroatoms. The Labute approximate surface area is 777 Å². The summed E-state index contributed by atoms with van der Waals surface area (Å²) in [5, 5.41) is 67.4. The van der Waals surface area contributed by atoms with Crippen LogP contribution in [0.1, 0.15) is 106 Å². The number of aromatic nitrogens is 5. The van der Waals surface area contributed by atoms with Crippen molar-refractivity contribution in [2.45, 2.75) is 100 Å². The molecular weight excluding hydrogens is 1690 g/mol. The van der Waals surface area contributed by atoms with Crippen LogP contribution in [-0.4, -0.2) is 115 Å². The molecule has 1 fully saturated rings. The van der Waals surface area contributed by atoms with E-state index in [9.17, 15) is 50.3 Å². The maximum absolute atomic E-state index is 12.2. The highest BCUT2D eigenvalue weighted by atomic mass is 35.5. The monoisotopic (exact) mass is 1800 g/mol. The molecule has 0 unspecified atom stereocenters. The molecule has 1 aliphatic carbocycles. The number of ether oxygens (including phenoxy) is 6. The van der Waals surface area contributed by atoms with Gasteiger partial charge in [0.15, 0.2) is 0 Å². The van der Waals surface area contributed by atoms with Gasteiger partial charge in [-0.1, -0.05) is 80.9 Å². The summed E-state index contributed by atoms with van der Waals surface area (Å²) in [6.45, 7) is 17.7. The van der Waals surface area contributed by atoms with Crippen LogP contribution < -0.4 is 50.3 Å². The standard InChI is InChI=1S/C23H23N3O2.C22H23N3O2.C21H21N3O3.C20H18ClN3O2.C20H19N3O2/c1-3-26-21-12-11-18(28-2)13-19(21)20(14-24)22(26)15-7-9-17(10-8-15)25-23(27)16-5-4-6-16;1-5-25-20-11-10-17(27-4)12-18(20)19(13-23)21(25)15-6-8-16(9-7-15)24-22(26)14(2)3;1-4-24-19-10-9-16(27-3)11-17(19)18(12-22)21(24)14-5-7-15(8-6-14)23-20(25)13-26-2;1-3-24-18-9-8-15(26-2)10-16(18)17(12-22)20(24)13-4-6-14(7-5-13)23-19(25)11-21;1-4-23-18-10-9-15(25-3)11-16(18)17(12-21)19(23)13-5-7-14(8-6-13)20(24)22-2/h7-13,16H,3-6H2,1-2H3,(H,25,27);6-12,14H,5H2,1-4H3,(H,24,26);5-11H,4,13H2,1-3H3,(H,23,25);4-10H,3,11H2,1-2H3,(H,23,25);5-11H,4H2,1-3H3,(H,22,24). The molecule has 5 N–H and O–H groups in total. The minimum Gasteiger partial charge on any atom is -0.497 e. The van der Waals surface area contributed by atoms with Crippen molar-refractivity contribution in [1.29, 1.82) is 26.3 Å². The number of benzene rings is 10. The summed E-state index contributed by atoms with van der Waals surface area (Å²) in [7, 11) is 11.2. The molecule has 0 saturated heterocycles. The Balaban J connectivity index is 0.000000150. The highest BCUT2D eigenvalue weighted by Crippen LogP contribution is 2.43. The summed E-state index contributed by atoms with van der Waals surface area (Å²) < 4.78 is 42.0. The van der Waals surface area contributed by atoms with E-state index in [-0.39, 0.29) is 53.9 Å². The zero-order chi connectivity index (χ0) is 95.3. The van der Waals surface area contributed by atoms with Crippen molar-refractivity contribution in [2.75, 3.05) is 83.5 Å². The van der Waals surface area contributed by atoms with E-state index in [1.165, 1.54) is 7.11 Å². The molecule has 15 aromatic rings. The Morgan fingerprint density at radius 2 is 0.624 bits per heavy atom. The van der Waals surface area contributed by atoms with Gasteiger partial charge in [-0.25, -0.2) is 0 Å². The normalized spacial score (nSPS) is 11.3. The van der Waals surface area contributed by atoms with Gasteiger partial charge in [0, 0.05) is 114 Å². The maximum Gasteiger partial charge on any atom is 0.251 e. The van der Waals surface area contributed by atoms with Gasteiger partial charge in [-0.05, 0) is 227 Å². The van der Waals surface area contributed by atoms with Crippen molar-refractivity contribution in [3.8, 4) is 115 Å². The molecule has 16 rings (SSSR count). The Morgan fingerprint density at radius 1 is 0.368 bits per heavy atom. The largest absolute Gasteiger partial charge is 0.497 e. The van der Waals surface area contributed by atoms with Crippen molar-refractivity contribution in [3.05, 3.63) is 246 Å². The fourth-order valence-corrected chi connectivity index (χ4v) is 16.6. The fourth-order valence-electron chi connectivity index (χ4n) is 16.5. The number of methoxy groups -OCH3 is 6. The second-order valence-electron chi connectivity index (χ2n) is 31.2. The summed E-state index contributed by atoms with van der Waals surface area (Å²) in [6, 6.07) is 78.2. The summed E-state index contributed by atoms with van der Waals surface area (Å²) >= 11 is 5.52. The molecular formula is C106H104ClN15O11. The number of hydrogen-bond donors (Lipinski definition) is 5. The molecule has 1 saturated carbocycles. The number of hydrogen-bond acceptors (Lipinski definition) is 16. The van der Waals surface area contributed by atoms with Crippen LogP contribution in [0.3, 0.4) is 0 Å². The molecule has 5 aromatic heterocycles. The highest BCUT2D eigenvalue weighted by molar-refractivity contribution is 6.29. The number of carbonyl (C=O) groups excluding carboxylic acids is 5. The van der Waals surface area contributed by atoms with Gasteiger partial charge in [0.05, 0.1) is 119 Å². The van der Waals surface area contributed by atoms with Crippen molar-refractivity contribution in [3.63, 3.8) is 0 Å². The van der Waals surface area contributed by atoms with Crippen LogP contribution in [0.2, 0.25) is 0 Å². The third kappa shape index (κ3) is 20.7. The van der Waals surface area contributed by atoms with Gasteiger partial charge in [0.25, 0.3) is 5.91 Å². The van der Waals surface area contributed by atoms with Crippen LogP contribution in [0, 0.1) is 68.5 Å². The van der Waals surface area contributed by atoms with Gasteiger partial charge in [-0.2, -0.15) is 26.3 Å². The second-order valence-corrected chi connectivity index (χ2v) is 31.5. The number of nitriles is 5. The zero-order valence-electron chi connectivity index (χ0n) is 76.8. The molecule has 1 aliphatic rings. The smallest absolute Gasteiger partial charge is 0.251 e. The van der Waals surface area contributed by atoms with E-state index >= 15 is 0 Å². The summed E-state index contributed by atoms with van der Waals surface area (Å²) in [5.41, 5.74) is 20.5. The number of halogens is 1. The van der Waals surface area contributed by atoms with Gasteiger partial charge in [-0.15, -0.1) is 11.6 Å².